The molecule has 0 aliphatic carbocycles. The van der Waals surface area contributed by atoms with E-state index in [2.05, 4.69) is 5.10 Å². The molecule has 1 heterocycles. The van der Waals surface area contributed by atoms with Gasteiger partial charge in [0.15, 0.2) is 17.3 Å². The molecule has 6 nitrogen and oxygen atoms in total. The highest BCUT2D eigenvalue weighted by Crippen LogP contribution is 2.28. The summed E-state index contributed by atoms with van der Waals surface area (Å²) >= 11 is 0. The Morgan fingerprint density at radius 1 is 1.00 bits per heavy atom. The molecule has 3 aromatic rings. The van der Waals surface area contributed by atoms with Crippen molar-refractivity contribution in [3.8, 4) is 17.2 Å². The highest BCUT2D eigenvalue weighted by Gasteiger charge is 2.09. The van der Waals surface area contributed by atoms with Crippen molar-refractivity contribution >= 4 is 11.9 Å². The molecular weight excluding hydrogens is 356 g/mol. The molecular formula is C22H22N2O4. The Balaban J connectivity index is 1.80. The fraction of sp³-hybridized carbons (Fsp3) is 0.182. The van der Waals surface area contributed by atoms with Crippen LogP contribution in [0.5, 0.6) is 17.2 Å². The van der Waals surface area contributed by atoms with Crippen molar-refractivity contribution in [1.29, 1.82) is 0 Å². The van der Waals surface area contributed by atoms with E-state index in [9.17, 15) is 4.79 Å². The molecule has 28 heavy (non-hydrogen) atoms. The van der Waals surface area contributed by atoms with Gasteiger partial charge in [0.05, 0.1) is 27.9 Å². The molecule has 0 unspecified atom stereocenters. The Morgan fingerprint density at radius 3 is 2.43 bits per heavy atom. The molecule has 0 radical (unpaired) electrons. The normalized spacial score (nSPS) is 10.8. The van der Waals surface area contributed by atoms with Crippen molar-refractivity contribution in [3.05, 3.63) is 77.6 Å². The van der Waals surface area contributed by atoms with Crippen LogP contribution in [-0.4, -0.2) is 36.9 Å². The topological polar surface area (TPSA) is 62.6 Å². The molecule has 0 bridgehead atoms. The molecule has 0 aliphatic heterocycles. The number of methoxy groups -OCH3 is 3. The minimum atomic E-state index is -0.120. The maximum Gasteiger partial charge on any atom is 0.185 e. The Bertz CT molecular complexity index is 978. The Kier molecular flexibility index (Phi) is 6.11. The lowest BCUT2D eigenvalue weighted by Crippen LogP contribution is -2.02. The molecule has 0 spiro atoms. The second kappa shape index (κ2) is 8.90. The smallest absolute Gasteiger partial charge is 0.185 e. The third kappa shape index (κ3) is 4.40. The van der Waals surface area contributed by atoms with Crippen molar-refractivity contribution in [1.82, 2.24) is 9.78 Å². The Hall–Kier alpha value is -3.54. The number of ether oxygens (including phenoxy) is 3. The van der Waals surface area contributed by atoms with Crippen LogP contribution in [-0.2, 0) is 6.54 Å². The standard InChI is InChI=1S/C22H22N2O4/c1-26-20-9-6-16(13-18(20)15-24-12-4-11-23-24)5-8-19(25)17-7-10-21(27-2)22(14-17)28-3/h4-14H,15H2,1-3H3/b8-5+. The third-order valence-corrected chi connectivity index (χ3v) is 4.29. The SMILES string of the molecule is COc1ccc(/C=C/C(=O)c2ccc(OC)c(OC)c2)cc1Cn1cccn1. The number of nitrogens with zero attached hydrogens (tertiary/aromatic N) is 2. The molecule has 1 aromatic heterocycles. The summed E-state index contributed by atoms with van der Waals surface area (Å²) in [5.74, 6) is 1.76. The summed E-state index contributed by atoms with van der Waals surface area (Å²) < 4.78 is 17.7. The summed E-state index contributed by atoms with van der Waals surface area (Å²) in [4.78, 5) is 12.5. The summed E-state index contributed by atoms with van der Waals surface area (Å²) in [6.45, 7) is 0.585. The number of hydrogen-bond acceptors (Lipinski definition) is 5. The first-order valence-corrected chi connectivity index (χ1v) is 8.73. The van der Waals surface area contributed by atoms with Crippen molar-refractivity contribution in [3.63, 3.8) is 0 Å². The van der Waals surface area contributed by atoms with Crippen molar-refractivity contribution < 1.29 is 19.0 Å². The predicted molar refractivity (Wildman–Crippen MR) is 107 cm³/mol. The highest BCUT2D eigenvalue weighted by atomic mass is 16.5. The van der Waals surface area contributed by atoms with Gasteiger partial charge in [-0.1, -0.05) is 12.1 Å². The molecule has 144 valence electrons. The van der Waals surface area contributed by atoms with Crippen molar-refractivity contribution in [2.24, 2.45) is 0 Å². The number of benzene rings is 2. The number of rotatable bonds is 8. The quantitative estimate of drug-likeness (QED) is 0.440. The summed E-state index contributed by atoms with van der Waals surface area (Å²) in [7, 11) is 4.74. The number of aromatic nitrogens is 2. The van der Waals surface area contributed by atoms with Gasteiger partial charge in [-0.25, -0.2) is 0 Å². The average Bonchev–Trinajstić information content (AvgIpc) is 3.24. The molecule has 6 heteroatoms. The lowest BCUT2D eigenvalue weighted by molar-refractivity contribution is 0.104. The molecule has 0 aliphatic rings. The van der Waals surface area contributed by atoms with E-state index in [4.69, 9.17) is 14.2 Å². The van der Waals surface area contributed by atoms with E-state index in [0.717, 1.165) is 16.9 Å². The fourth-order valence-corrected chi connectivity index (χ4v) is 2.85. The minimum Gasteiger partial charge on any atom is -0.496 e. The maximum absolute atomic E-state index is 12.5. The molecule has 0 N–H and O–H groups in total. The lowest BCUT2D eigenvalue weighted by atomic mass is 10.1. The number of carbonyl (C=O) groups excluding carboxylic acids is 1. The van der Waals surface area contributed by atoms with Gasteiger partial charge in [0.25, 0.3) is 0 Å². The van der Waals surface area contributed by atoms with Gasteiger partial charge in [0.1, 0.15) is 5.75 Å². The fourth-order valence-electron chi connectivity index (χ4n) is 2.85. The van der Waals surface area contributed by atoms with Gasteiger partial charge in [-0.15, -0.1) is 0 Å². The molecule has 3 rings (SSSR count). The Labute approximate surface area is 164 Å². The maximum atomic E-state index is 12.5. The van der Waals surface area contributed by atoms with Crippen LogP contribution in [0, 0.1) is 0 Å². The van der Waals surface area contributed by atoms with Gasteiger partial charge in [0.2, 0.25) is 0 Å². The van der Waals surface area contributed by atoms with Gasteiger partial charge in [-0.05, 0) is 48.0 Å². The van der Waals surface area contributed by atoms with E-state index >= 15 is 0 Å². The van der Waals surface area contributed by atoms with Crippen LogP contribution in [0.15, 0.2) is 60.9 Å². The molecule has 0 atom stereocenters. The van der Waals surface area contributed by atoms with Crippen molar-refractivity contribution in [2.75, 3.05) is 21.3 Å². The van der Waals surface area contributed by atoms with Crippen LogP contribution in [0.1, 0.15) is 21.5 Å². The van der Waals surface area contributed by atoms with E-state index in [-0.39, 0.29) is 5.78 Å². The minimum absolute atomic E-state index is 0.120. The van der Waals surface area contributed by atoms with Crippen LogP contribution in [0.4, 0.5) is 0 Å². The number of hydrogen-bond donors (Lipinski definition) is 0. The Morgan fingerprint density at radius 2 is 1.75 bits per heavy atom. The molecule has 0 saturated heterocycles. The molecule has 0 amide bonds. The van der Waals surface area contributed by atoms with Gasteiger partial charge in [-0.3, -0.25) is 9.48 Å². The van der Waals surface area contributed by atoms with Gasteiger partial charge in [0, 0.05) is 23.5 Å². The van der Waals surface area contributed by atoms with Crippen LogP contribution in [0.25, 0.3) is 6.08 Å². The van der Waals surface area contributed by atoms with Gasteiger partial charge < -0.3 is 14.2 Å². The summed E-state index contributed by atoms with van der Waals surface area (Å²) in [5.41, 5.74) is 2.41. The first-order valence-electron chi connectivity index (χ1n) is 8.73. The third-order valence-electron chi connectivity index (χ3n) is 4.29. The predicted octanol–water partition coefficient (Wildman–Crippen LogP) is 3.85. The largest absolute Gasteiger partial charge is 0.496 e. The molecule has 0 fully saturated rings. The molecule has 2 aromatic carbocycles. The van der Waals surface area contributed by atoms with Crippen molar-refractivity contribution in [2.45, 2.75) is 6.54 Å². The van der Waals surface area contributed by atoms with E-state index < -0.39 is 0 Å². The van der Waals surface area contributed by atoms with Crippen LogP contribution in [0.3, 0.4) is 0 Å². The van der Waals surface area contributed by atoms with E-state index in [0.29, 0.717) is 23.6 Å². The summed E-state index contributed by atoms with van der Waals surface area (Å²) in [6, 6.07) is 12.8. The zero-order valence-corrected chi connectivity index (χ0v) is 16.1. The number of allylic oxidation sites excluding steroid dienone is 1. The lowest BCUT2D eigenvalue weighted by Gasteiger charge is -2.10. The monoisotopic (exact) mass is 378 g/mol. The summed E-state index contributed by atoms with van der Waals surface area (Å²) in [5, 5.41) is 4.23. The first kappa shape index (κ1) is 19.2. The average molecular weight is 378 g/mol. The van der Waals surface area contributed by atoms with Gasteiger partial charge in [-0.2, -0.15) is 5.10 Å². The second-order valence-electron chi connectivity index (χ2n) is 6.04. The van der Waals surface area contributed by atoms with Gasteiger partial charge >= 0.3 is 0 Å². The van der Waals surface area contributed by atoms with E-state index in [1.54, 1.807) is 57.9 Å². The highest BCUT2D eigenvalue weighted by molar-refractivity contribution is 6.07. The van der Waals surface area contributed by atoms with E-state index in [1.165, 1.54) is 0 Å². The van der Waals surface area contributed by atoms with Crippen LogP contribution >= 0.6 is 0 Å². The zero-order valence-electron chi connectivity index (χ0n) is 16.1. The second-order valence-corrected chi connectivity index (χ2v) is 6.04. The molecule has 0 saturated carbocycles. The van der Waals surface area contributed by atoms with Crippen LogP contribution < -0.4 is 14.2 Å². The zero-order chi connectivity index (χ0) is 19.9. The van der Waals surface area contributed by atoms with E-state index in [1.807, 2.05) is 35.1 Å². The number of ketones is 1. The summed E-state index contributed by atoms with van der Waals surface area (Å²) in [6.07, 6.45) is 6.95. The van der Waals surface area contributed by atoms with Crippen LogP contribution in [0.2, 0.25) is 0 Å². The number of carbonyl (C=O) groups is 1. The first-order chi connectivity index (χ1) is 13.6.